The number of terminal acetylenes is 1. The monoisotopic (exact) mass is 242 g/mol. The minimum absolute atomic E-state index is 0.334. The summed E-state index contributed by atoms with van der Waals surface area (Å²) in [5.74, 6) is 3.31. The van der Waals surface area contributed by atoms with Crippen LogP contribution in [0.4, 0.5) is 0 Å². The van der Waals surface area contributed by atoms with Crippen LogP contribution < -0.4 is 10.1 Å². The number of ether oxygens (including phenoxy) is 1. The minimum atomic E-state index is 0.334. The molecule has 0 aliphatic carbocycles. The average molecular weight is 242 g/mol. The van der Waals surface area contributed by atoms with E-state index in [2.05, 4.69) is 28.3 Å². The second-order valence-electron chi connectivity index (χ2n) is 5.39. The molecule has 2 heterocycles. The Bertz CT molecular complexity index is 448. The molecule has 2 aliphatic heterocycles. The molecular weight excluding hydrogens is 224 g/mol. The minimum Gasteiger partial charge on any atom is -0.481 e. The van der Waals surface area contributed by atoms with Crippen LogP contribution in [0.15, 0.2) is 24.3 Å². The summed E-state index contributed by atoms with van der Waals surface area (Å²) in [5.41, 5.74) is 1.95. The van der Waals surface area contributed by atoms with Crippen molar-refractivity contribution >= 4 is 0 Å². The maximum atomic E-state index is 5.36. The fourth-order valence-corrected chi connectivity index (χ4v) is 2.79. The molecule has 3 nitrogen and oxygen atoms in total. The molecule has 0 saturated carbocycles. The predicted octanol–water partition coefficient (Wildman–Crippen LogP) is 1.10. The summed E-state index contributed by atoms with van der Waals surface area (Å²) < 4.78 is 5.36. The SMILES string of the molecule is C#CCOc1ccc(CN2CC3(CNC3)C2)cc1. The quantitative estimate of drug-likeness (QED) is 0.800. The van der Waals surface area contributed by atoms with Gasteiger partial charge in [0, 0.05) is 38.1 Å². The number of benzene rings is 1. The smallest absolute Gasteiger partial charge is 0.148 e. The van der Waals surface area contributed by atoms with Crippen LogP contribution in [0.2, 0.25) is 0 Å². The molecular formula is C15H18N2O. The van der Waals surface area contributed by atoms with Crippen LogP contribution in [0.3, 0.4) is 0 Å². The van der Waals surface area contributed by atoms with Gasteiger partial charge in [0.15, 0.2) is 0 Å². The molecule has 0 bridgehead atoms. The molecule has 2 saturated heterocycles. The predicted molar refractivity (Wildman–Crippen MR) is 71.3 cm³/mol. The van der Waals surface area contributed by atoms with Crippen molar-refractivity contribution in [2.75, 3.05) is 32.8 Å². The molecule has 94 valence electrons. The van der Waals surface area contributed by atoms with Crippen LogP contribution in [0.25, 0.3) is 0 Å². The van der Waals surface area contributed by atoms with Gasteiger partial charge in [0.25, 0.3) is 0 Å². The zero-order valence-corrected chi connectivity index (χ0v) is 10.5. The van der Waals surface area contributed by atoms with Gasteiger partial charge >= 0.3 is 0 Å². The lowest BCUT2D eigenvalue weighted by Crippen LogP contribution is -2.70. The molecule has 0 unspecified atom stereocenters. The standard InChI is InChI=1S/C15H18N2O/c1-2-7-18-14-5-3-13(4-6-14)8-17-11-15(12-17)9-16-10-15/h1,3-6,16H,7-12H2. The first kappa shape index (κ1) is 11.6. The van der Waals surface area contributed by atoms with Crippen molar-refractivity contribution in [3.05, 3.63) is 29.8 Å². The van der Waals surface area contributed by atoms with Crippen molar-refractivity contribution in [2.45, 2.75) is 6.54 Å². The van der Waals surface area contributed by atoms with E-state index in [1.807, 2.05) is 12.1 Å². The zero-order chi connectivity index (χ0) is 12.4. The van der Waals surface area contributed by atoms with Crippen LogP contribution in [-0.4, -0.2) is 37.7 Å². The summed E-state index contributed by atoms with van der Waals surface area (Å²) >= 11 is 0. The van der Waals surface area contributed by atoms with E-state index in [1.54, 1.807) is 0 Å². The van der Waals surface area contributed by atoms with Gasteiger partial charge in [-0.1, -0.05) is 18.1 Å². The Kier molecular flexibility index (Phi) is 2.99. The summed E-state index contributed by atoms with van der Waals surface area (Å²) in [6.45, 7) is 6.23. The van der Waals surface area contributed by atoms with Gasteiger partial charge in [-0.05, 0) is 17.7 Å². The Morgan fingerprint density at radius 2 is 2.00 bits per heavy atom. The molecule has 1 spiro atoms. The van der Waals surface area contributed by atoms with E-state index in [-0.39, 0.29) is 0 Å². The second kappa shape index (κ2) is 4.64. The lowest BCUT2D eigenvalue weighted by Gasteiger charge is -2.56. The van der Waals surface area contributed by atoms with Crippen molar-refractivity contribution in [1.82, 2.24) is 10.2 Å². The van der Waals surface area contributed by atoms with E-state index in [9.17, 15) is 0 Å². The van der Waals surface area contributed by atoms with E-state index in [0.29, 0.717) is 12.0 Å². The molecule has 0 aromatic heterocycles. The Morgan fingerprint density at radius 3 is 2.56 bits per heavy atom. The maximum Gasteiger partial charge on any atom is 0.148 e. The van der Waals surface area contributed by atoms with Crippen molar-refractivity contribution < 1.29 is 4.74 Å². The zero-order valence-electron chi connectivity index (χ0n) is 10.5. The fourth-order valence-electron chi connectivity index (χ4n) is 2.79. The third-order valence-electron chi connectivity index (χ3n) is 3.77. The molecule has 2 fully saturated rings. The van der Waals surface area contributed by atoms with E-state index in [0.717, 1.165) is 12.3 Å². The topological polar surface area (TPSA) is 24.5 Å². The highest BCUT2D eigenvalue weighted by Crippen LogP contribution is 2.34. The summed E-state index contributed by atoms with van der Waals surface area (Å²) in [7, 11) is 0. The van der Waals surface area contributed by atoms with Crippen LogP contribution in [0.1, 0.15) is 5.56 Å². The van der Waals surface area contributed by atoms with Crippen molar-refractivity contribution in [2.24, 2.45) is 5.41 Å². The van der Waals surface area contributed by atoms with E-state index < -0.39 is 0 Å². The van der Waals surface area contributed by atoms with Crippen LogP contribution >= 0.6 is 0 Å². The Morgan fingerprint density at radius 1 is 1.28 bits per heavy atom. The summed E-state index contributed by atoms with van der Waals surface area (Å²) in [4.78, 5) is 2.50. The van der Waals surface area contributed by atoms with Gasteiger partial charge in [0.2, 0.25) is 0 Å². The normalized spacial score (nSPS) is 20.8. The first-order chi connectivity index (χ1) is 8.80. The number of hydrogen-bond donors (Lipinski definition) is 1. The summed E-state index contributed by atoms with van der Waals surface area (Å²) in [5, 5.41) is 3.36. The van der Waals surface area contributed by atoms with Crippen molar-refractivity contribution in [3.8, 4) is 18.1 Å². The van der Waals surface area contributed by atoms with Crippen molar-refractivity contribution in [1.29, 1.82) is 0 Å². The molecule has 18 heavy (non-hydrogen) atoms. The molecule has 0 radical (unpaired) electrons. The number of rotatable bonds is 4. The van der Waals surface area contributed by atoms with Gasteiger partial charge in [0.05, 0.1) is 0 Å². The Balaban J connectivity index is 1.50. The molecule has 3 rings (SSSR count). The lowest BCUT2D eigenvalue weighted by atomic mass is 9.74. The van der Waals surface area contributed by atoms with Crippen LogP contribution in [0.5, 0.6) is 5.75 Å². The highest BCUT2D eigenvalue weighted by molar-refractivity contribution is 5.28. The molecule has 2 aliphatic rings. The van der Waals surface area contributed by atoms with E-state index in [4.69, 9.17) is 11.2 Å². The fraction of sp³-hybridized carbons (Fsp3) is 0.467. The first-order valence-electron chi connectivity index (χ1n) is 6.38. The molecule has 1 N–H and O–H groups in total. The summed E-state index contributed by atoms with van der Waals surface area (Å²) in [6.07, 6.45) is 5.16. The Labute approximate surface area is 108 Å². The number of nitrogens with zero attached hydrogens (tertiary/aromatic N) is 1. The van der Waals surface area contributed by atoms with E-state index in [1.165, 1.54) is 31.7 Å². The third kappa shape index (κ3) is 2.22. The van der Waals surface area contributed by atoms with Gasteiger partial charge in [-0.2, -0.15) is 0 Å². The molecule has 1 aromatic rings. The van der Waals surface area contributed by atoms with Gasteiger partial charge in [0.1, 0.15) is 12.4 Å². The number of nitrogens with one attached hydrogen (secondary N) is 1. The molecule has 1 aromatic carbocycles. The molecule has 0 atom stereocenters. The molecule has 3 heteroatoms. The van der Waals surface area contributed by atoms with Crippen molar-refractivity contribution in [3.63, 3.8) is 0 Å². The average Bonchev–Trinajstić information content (AvgIpc) is 2.30. The van der Waals surface area contributed by atoms with Gasteiger partial charge in [-0.25, -0.2) is 0 Å². The third-order valence-corrected chi connectivity index (χ3v) is 3.77. The second-order valence-corrected chi connectivity index (χ2v) is 5.39. The largest absolute Gasteiger partial charge is 0.481 e. The lowest BCUT2D eigenvalue weighted by molar-refractivity contribution is -0.0444. The Hall–Kier alpha value is -1.50. The number of likely N-dealkylation sites (tertiary alicyclic amines) is 1. The van der Waals surface area contributed by atoms with Crippen LogP contribution in [0, 0.1) is 17.8 Å². The van der Waals surface area contributed by atoms with Gasteiger partial charge in [-0.15, -0.1) is 6.42 Å². The van der Waals surface area contributed by atoms with E-state index >= 15 is 0 Å². The summed E-state index contributed by atoms with van der Waals surface area (Å²) in [6, 6.07) is 8.23. The molecule has 0 amide bonds. The van der Waals surface area contributed by atoms with Gasteiger partial charge < -0.3 is 10.1 Å². The maximum absolute atomic E-state index is 5.36. The number of hydrogen-bond acceptors (Lipinski definition) is 3. The highest BCUT2D eigenvalue weighted by atomic mass is 16.5. The highest BCUT2D eigenvalue weighted by Gasteiger charge is 2.46. The first-order valence-corrected chi connectivity index (χ1v) is 6.38. The van der Waals surface area contributed by atoms with Gasteiger partial charge in [-0.3, -0.25) is 4.90 Å². The van der Waals surface area contributed by atoms with Crippen LogP contribution in [-0.2, 0) is 6.54 Å².